The minimum atomic E-state index is 0.0413. The van der Waals surface area contributed by atoms with Crippen molar-refractivity contribution in [2.45, 2.75) is 38.8 Å². The van der Waals surface area contributed by atoms with Crippen LogP contribution in [0.25, 0.3) is 0 Å². The molecule has 0 radical (unpaired) electrons. The van der Waals surface area contributed by atoms with Gasteiger partial charge in [-0.3, -0.25) is 0 Å². The first-order valence-electron chi connectivity index (χ1n) is 5.21. The highest BCUT2D eigenvalue weighted by molar-refractivity contribution is 5.75. The Kier molecular flexibility index (Phi) is 4.20. The zero-order chi connectivity index (χ0) is 10.6. The Bertz CT molecular complexity index is 195. The van der Waals surface area contributed by atoms with E-state index < -0.39 is 0 Å². The van der Waals surface area contributed by atoms with Crippen molar-refractivity contribution in [2.24, 2.45) is 0 Å². The topological polar surface area (TPSA) is 41.6 Å². The van der Waals surface area contributed by atoms with Gasteiger partial charge in [-0.2, -0.15) is 0 Å². The number of amides is 2. The van der Waals surface area contributed by atoms with Crippen molar-refractivity contribution in [3.8, 4) is 0 Å². The van der Waals surface area contributed by atoms with Crippen molar-refractivity contribution in [3.63, 3.8) is 0 Å². The van der Waals surface area contributed by atoms with Crippen LogP contribution in [-0.4, -0.2) is 43.3 Å². The van der Waals surface area contributed by atoms with E-state index in [1.165, 1.54) is 0 Å². The second-order valence-corrected chi connectivity index (χ2v) is 4.05. The Hall–Kier alpha value is -0.770. The number of nitrogens with zero attached hydrogens (tertiary/aromatic N) is 1. The average molecular weight is 200 g/mol. The van der Waals surface area contributed by atoms with Gasteiger partial charge in [-0.1, -0.05) is 0 Å². The SMILES string of the molecule is COC[C@H]1CCCN1C(=O)NC(C)C. The van der Waals surface area contributed by atoms with Crippen molar-refractivity contribution in [3.05, 3.63) is 0 Å². The first-order valence-corrected chi connectivity index (χ1v) is 5.21. The van der Waals surface area contributed by atoms with Gasteiger partial charge in [0.2, 0.25) is 0 Å². The van der Waals surface area contributed by atoms with Crippen LogP contribution in [0.3, 0.4) is 0 Å². The number of carbonyl (C=O) groups is 1. The van der Waals surface area contributed by atoms with Gasteiger partial charge >= 0.3 is 6.03 Å². The largest absolute Gasteiger partial charge is 0.383 e. The summed E-state index contributed by atoms with van der Waals surface area (Å²) in [6.45, 7) is 5.44. The van der Waals surface area contributed by atoms with Gasteiger partial charge in [-0.25, -0.2) is 4.79 Å². The number of nitrogens with one attached hydrogen (secondary N) is 1. The molecule has 1 aliphatic heterocycles. The third kappa shape index (κ3) is 2.87. The molecule has 82 valence electrons. The van der Waals surface area contributed by atoms with Gasteiger partial charge in [0.25, 0.3) is 0 Å². The van der Waals surface area contributed by atoms with Crippen molar-refractivity contribution in [1.29, 1.82) is 0 Å². The van der Waals surface area contributed by atoms with Crippen LogP contribution in [0, 0.1) is 0 Å². The van der Waals surface area contributed by atoms with Crippen LogP contribution in [0.4, 0.5) is 4.79 Å². The fourth-order valence-electron chi connectivity index (χ4n) is 1.80. The predicted octanol–water partition coefficient (Wildman–Crippen LogP) is 1.22. The predicted molar refractivity (Wildman–Crippen MR) is 55.3 cm³/mol. The molecule has 0 unspecified atom stereocenters. The molecule has 0 aromatic rings. The molecular weight excluding hydrogens is 180 g/mol. The van der Waals surface area contributed by atoms with E-state index in [9.17, 15) is 4.79 Å². The standard InChI is InChI=1S/C10H20N2O2/c1-8(2)11-10(13)12-6-4-5-9(12)7-14-3/h8-9H,4-7H2,1-3H3,(H,11,13)/t9-/m1/s1. The highest BCUT2D eigenvalue weighted by atomic mass is 16.5. The van der Waals surface area contributed by atoms with Crippen molar-refractivity contribution in [2.75, 3.05) is 20.3 Å². The lowest BCUT2D eigenvalue weighted by atomic mass is 10.2. The number of rotatable bonds is 3. The van der Waals surface area contributed by atoms with Crippen molar-refractivity contribution in [1.82, 2.24) is 10.2 Å². The first-order chi connectivity index (χ1) is 6.65. The molecule has 0 aromatic carbocycles. The van der Waals surface area contributed by atoms with Crippen LogP contribution >= 0.6 is 0 Å². The maximum Gasteiger partial charge on any atom is 0.317 e. The fourth-order valence-corrected chi connectivity index (χ4v) is 1.80. The summed E-state index contributed by atoms with van der Waals surface area (Å²) in [5, 5.41) is 2.90. The number of hydrogen-bond acceptors (Lipinski definition) is 2. The lowest BCUT2D eigenvalue weighted by Crippen LogP contribution is -2.46. The minimum Gasteiger partial charge on any atom is -0.383 e. The van der Waals surface area contributed by atoms with E-state index in [1.807, 2.05) is 18.7 Å². The fraction of sp³-hybridized carbons (Fsp3) is 0.900. The van der Waals surface area contributed by atoms with E-state index in [4.69, 9.17) is 4.74 Å². The molecule has 1 atom stereocenters. The van der Waals surface area contributed by atoms with Gasteiger partial charge in [0, 0.05) is 19.7 Å². The van der Waals surface area contributed by atoms with E-state index >= 15 is 0 Å². The van der Waals surface area contributed by atoms with Gasteiger partial charge in [-0.15, -0.1) is 0 Å². The van der Waals surface area contributed by atoms with Gasteiger partial charge in [0.1, 0.15) is 0 Å². The Morgan fingerprint density at radius 2 is 2.36 bits per heavy atom. The number of likely N-dealkylation sites (tertiary alicyclic amines) is 1. The lowest BCUT2D eigenvalue weighted by molar-refractivity contribution is 0.122. The molecule has 4 nitrogen and oxygen atoms in total. The Morgan fingerprint density at radius 3 is 2.93 bits per heavy atom. The van der Waals surface area contributed by atoms with Gasteiger partial charge < -0.3 is 15.0 Å². The lowest BCUT2D eigenvalue weighted by Gasteiger charge is -2.25. The molecule has 0 spiro atoms. The molecule has 14 heavy (non-hydrogen) atoms. The molecule has 0 bridgehead atoms. The van der Waals surface area contributed by atoms with Crippen molar-refractivity contribution < 1.29 is 9.53 Å². The van der Waals surface area contributed by atoms with Gasteiger partial charge in [0.05, 0.1) is 12.6 Å². The van der Waals surface area contributed by atoms with Crippen LogP contribution in [0.1, 0.15) is 26.7 Å². The van der Waals surface area contributed by atoms with Crippen LogP contribution in [0.5, 0.6) is 0 Å². The van der Waals surface area contributed by atoms with Crippen molar-refractivity contribution >= 4 is 6.03 Å². The summed E-state index contributed by atoms with van der Waals surface area (Å²) in [5.74, 6) is 0. The number of ether oxygens (including phenoxy) is 1. The van der Waals surface area contributed by atoms with Gasteiger partial charge in [0.15, 0.2) is 0 Å². The summed E-state index contributed by atoms with van der Waals surface area (Å²) >= 11 is 0. The summed E-state index contributed by atoms with van der Waals surface area (Å²) < 4.78 is 5.09. The molecule has 1 saturated heterocycles. The molecule has 1 aliphatic rings. The zero-order valence-electron chi connectivity index (χ0n) is 9.25. The first kappa shape index (κ1) is 11.3. The van der Waals surface area contributed by atoms with Gasteiger partial charge in [-0.05, 0) is 26.7 Å². The van der Waals surface area contributed by atoms with Crippen LogP contribution in [0.15, 0.2) is 0 Å². The molecule has 1 fully saturated rings. The highest BCUT2D eigenvalue weighted by Gasteiger charge is 2.28. The van der Waals surface area contributed by atoms with E-state index in [0.29, 0.717) is 6.61 Å². The maximum absolute atomic E-state index is 11.7. The molecule has 1 heterocycles. The maximum atomic E-state index is 11.7. The number of urea groups is 1. The van der Waals surface area contributed by atoms with Crippen LogP contribution in [0.2, 0.25) is 0 Å². The second kappa shape index (κ2) is 5.20. The number of methoxy groups -OCH3 is 1. The van der Waals surface area contributed by atoms with Crippen LogP contribution in [-0.2, 0) is 4.74 Å². The Labute approximate surface area is 85.6 Å². The van der Waals surface area contributed by atoms with E-state index in [1.54, 1.807) is 7.11 Å². The summed E-state index contributed by atoms with van der Waals surface area (Å²) in [5.41, 5.74) is 0. The zero-order valence-corrected chi connectivity index (χ0v) is 9.25. The molecule has 0 saturated carbocycles. The molecule has 0 aliphatic carbocycles. The molecule has 0 aromatic heterocycles. The van der Waals surface area contributed by atoms with E-state index in [2.05, 4.69) is 5.32 Å². The molecule has 2 amide bonds. The molecule has 4 heteroatoms. The highest BCUT2D eigenvalue weighted by Crippen LogP contribution is 2.17. The third-order valence-corrected chi connectivity index (χ3v) is 2.41. The Morgan fingerprint density at radius 1 is 1.64 bits per heavy atom. The quantitative estimate of drug-likeness (QED) is 0.744. The molecular formula is C10H20N2O2. The molecule has 1 N–H and O–H groups in total. The number of hydrogen-bond donors (Lipinski definition) is 1. The monoisotopic (exact) mass is 200 g/mol. The average Bonchev–Trinajstić information content (AvgIpc) is 2.51. The Balaban J connectivity index is 2.44. The smallest absolute Gasteiger partial charge is 0.317 e. The van der Waals surface area contributed by atoms with E-state index in [0.717, 1.165) is 19.4 Å². The summed E-state index contributed by atoms with van der Waals surface area (Å²) in [6, 6.07) is 0.504. The second-order valence-electron chi connectivity index (χ2n) is 4.05. The minimum absolute atomic E-state index is 0.0413. The number of carbonyl (C=O) groups excluding carboxylic acids is 1. The molecule has 1 rings (SSSR count). The summed E-state index contributed by atoms with van der Waals surface area (Å²) in [4.78, 5) is 13.6. The third-order valence-electron chi connectivity index (χ3n) is 2.41. The van der Waals surface area contributed by atoms with E-state index in [-0.39, 0.29) is 18.1 Å². The van der Waals surface area contributed by atoms with Crippen LogP contribution < -0.4 is 5.32 Å². The summed E-state index contributed by atoms with van der Waals surface area (Å²) in [7, 11) is 1.68. The normalized spacial score (nSPS) is 21.7. The summed E-state index contributed by atoms with van der Waals surface area (Å²) in [6.07, 6.45) is 2.14.